The first-order chi connectivity index (χ1) is 5.86. The summed E-state index contributed by atoms with van der Waals surface area (Å²) in [6.45, 7) is 2.94. The summed E-state index contributed by atoms with van der Waals surface area (Å²) in [7, 11) is 0. The summed E-state index contributed by atoms with van der Waals surface area (Å²) in [4.78, 5) is 2.29. The largest absolute Gasteiger partial charge is 0.392 e. The van der Waals surface area contributed by atoms with E-state index in [1.165, 1.54) is 19.3 Å². The van der Waals surface area contributed by atoms with E-state index in [0.717, 1.165) is 19.6 Å². The van der Waals surface area contributed by atoms with Gasteiger partial charge in [0, 0.05) is 19.6 Å². The van der Waals surface area contributed by atoms with Gasteiger partial charge in [-0.3, -0.25) is 4.90 Å². The molecule has 1 aliphatic carbocycles. The van der Waals surface area contributed by atoms with Gasteiger partial charge in [0.1, 0.15) is 0 Å². The maximum Gasteiger partial charge on any atom is 0.0695 e. The molecule has 2 heteroatoms. The molecule has 0 bridgehead atoms. The van der Waals surface area contributed by atoms with Crippen LogP contribution in [0.2, 0.25) is 0 Å². The van der Waals surface area contributed by atoms with Crippen molar-refractivity contribution in [1.29, 1.82) is 0 Å². The maximum atomic E-state index is 9.76. The third kappa shape index (κ3) is 1.70. The first-order valence-electron chi connectivity index (χ1n) is 4.91. The number of nitrogens with zero attached hydrogens (tertiary/aromatic N) is 1. The van der Waals surface area contributed by atoms with E-state index < -0.39 is 0 Å². The normalized spacial score (nSPS) is 27.4. The van der Waals surface area contributed by atoms with Gasteiger partial charge in [0.15, 0.2) is 0 Å². The topological polar surface area (TPSA) is 23.5 Å². The van der Waals surface area contributed by atoms with Crippen LogP contribution in [0, 0.1) is 5.92 Å². The van der Waals surface area contributed by atoms with Gasteiger partial charge in [0.2, 0.25) is 0 Å². The van der Waals surface area contributed by atoms with Crippen molar-refractivity contribution in [2.24, 2.45) is 5.92 Å². The number of β-amino-alcohol motifs (C(OH)–C–C–N with tert-alkyl or cyclic N) is 1. The number of rotatable bonds is 3. The number of aliphatic hydroxyl groups excluding tert-OH is 1. The van der Waals surface area contributed by atoms with Gasteiger partial charge in [-0.1, -0.05) is 18.6 Å². The molecule has 1 aliphatic heterocycles. The Bertz CT molecular complexity index is 167. The Morgan fingerprint density at radius 2 is 2.00 bits per heavy atom. The molecule has 2 rings (SSSR count). The lowest BCUT2D eigenvalue weighted by atomic mass is 9.81. The van der Waals surface area contributed by atoms with Crippen molar-refractivity contribution in [3.8, 4) is 0 Å². The monoisotopic (exact) mass is 167 g/mol. The second kappa shape index (κ2) is 3.58. The van der Waals surface area contributed by atoms with Crippen molar-refractivity contribution in [1.82, 2.24) is 4.90 Å². The van der Waals surface area contributed by atoms with Gasteiger partial charge in [0.25, 0.3) is 0 Å². The fraction of sp³-hybridized carbons (Fsp3) is 0.800. The summed E-state index contributed by atoms with van der Waals surface area (Å²) in [6.07, 6.45) is 8.07. The summed E-state index contributed by atoms with van der Waals surface area (Å²) in [6, 6.07) is 0. The molecule has 12 heavy (non-hydrogen) atoms. The standard InChI is InChI=1S/C10H17NO/c12-10(9-4-3-5-9)8-11-6-1-2-7-11/h1-2,9-10,12H,3-8H2. The van der Waals surface area contributed by atoms with Crippen LogP contribution < -0.4 is 0 Å². The molecule has 0 aromatic heterocycles. The van der Waals surface area contributed by atoms with Crippen molar-refractivity contribution in [2.75, 3.05) is 19.6 Å². The van der Waals surface area contributed by atoms with Crippen LogP contribution in [0.4, 0.5) is 0 Å². The zero-order valence-corrected chi connectivity index (χ0v) is 7.45. The number of hydrogen-bond donors (Lipinski definition) is 1. The Hall–Kier alpha value is -0.340. The molecule has 1 fully saturated rings. The van der Waals surface area contributed by atoms with E-state index >= 15 is 0 Å². The molecule has 0 aromatic rings. The van der Waals surface area contributed by atoms with Crippen molar-refractivity contribution in [2.45, 2.75) is 25.4 Å². The minimum Gasteiger partial charge on any atom is -0.392 e. The summed E-state index contributed by atoms with van der Waals surface area (Å²) < 4.78 is 0. The highest BCUT2D eigenvalue weighted by atomic mass is 16.3. The van der Waals surface area contributed by atoms with Gasteiger partial charge < -0.3 is 5.11 Å². The molecule has 1 N–H and O–H groups in total. The second-order valence-electron chi connectivity index (χ2n) is 3.95. The van der Waals surface area contributed by atoms with E-state index in [1.807, 2.05) is 0 Å². The highest BCUT2D eigenvalue weighted by Crippen LogP contribution is 2.29. The molecule has 2 aliphatic rings. The highest BCUT2D eigenvalue weighted by Gasteiger charge is 2.26. The molecule has 0 radical (unpaired) electrons. The quantitative estimate of drug-likeness (QED) is 0.634. The fourth-order valence-electron chi connectivity index (χ4n) is 1.91. The van der Waals surface area contributed by atoms with Gasteiger partial charge >= 0.3 is 0 Å². The van der Waals surface area contributed by atoms with Gasteiger partial charge in [-0.15, -0.1) is 0 Å². The average Bonchev–Trinajstić information content (AvgIpc) is 2.34. The lowest BCUT2D eigenvalue weighted by Gasteiger charge is -2.32. The molecule has 1 heterocycles. The molecular formula is C10H17NO. The maximum absolute atomic E-state index is 9.76. The Labute approximate surface area is 73.9 Å². The molecule has 0 saturated heterocycles. The van der Waals surface area contributed by atoms with E-state index in [4.69, 9.17) is 0 Å². The summed E-state index contributed by atoms with van der Waals surface area (Å²) in [5, 5.41) is 9.76. The van der Waals surface area contributed by atoms with Gasteiger partial charge in [-0.2, -0.15) is 0 Å². The number of aliphatic hydroxyl groups is 1. The van der Waals surface area contributed by atoms with E-state index in [9.17, 15) is 5.11 Å². The molecule has 1 saturated carbocycles. The Morgan fingerprint density at radius 1 is 1.33 bits per heavy atom. The molecule has 0 spiro atoms. The van der Waals surface area contributed by atoms with Crippen molar-refractivity contribution < 1.29 is 5.11 Å². The molecule has 1 unspecified atom stereocenters. The highest BCUT2D eigenvalue weighted by molar-refractivity contribution is 4.96. The molecule has 68 valence electrons. The van der Waals surface area contributed by atoms with Crippen LogP contribution >= 0.6 is 0 Å². The van der Waals surface area contributed by atoms with Gasteiger partial charge in [0.05, 0.1) is 6.10 Å². The minimum absolute atomic E-state index is 0.0707. The van der Waals surface area contributed by atoms with Gasteiger partial charge in [-0.25, -0.2) is 0 Å². The Balaban J connectivity index is 1.70. The molecule has 1 atom stereocenters. The minimum atomic E-state index is -0.0707. The van der Waals surface area contributed by atoms with Crippen LogP contribution in [0.1, 0.15) is 19.3 Å². The van der Waals surface area contributed by atoms with Crippen molar-refractivity contribution in [3.63, 3.8) is 0 Å². The first-order valence-corrected chi connectivity index (χ1v) is 4.91. The summed E-state index contributed by atoms with van der Waals surface area (Å²) >= 11 is 0. The van der Waals surface area contributed by atoms with Crippen LogP contribution in [0.25, 0.3) is 0 Å². The van der Waals surface area contributed by atoms with Crippen molar-refractivity contribution in [3.05, 3.63) is 12.2 Å². The van der Waals surface area contributed by atoms with Gasteiger partial charge in [-0.05, 0) is 18.8 Å². The second-order valence-corrected chi connectivity index (χ2v) is 3.95. The predicted octanol–water partition coefficient (Wildman–Crippen LogP) is 1.02. The Morgan fingerprint density at radius 3 is 2.50 bits per heavy atom. The average molecular weight is 167 g/mol. The molecule has 0 aromatic carbocycles. The third-order valence-corrected chi connectivity index (χ3v) is 3.03. The zero-order valence-electron chi connectivity index (χ0n) is 7.45. The predicted molar refractivity (Wildman–Crippen MR) is 48.9 cm³/mol. The lowest BCUT2D eigenvalue weighted by molar-refractivity contribution is 0.0373. The first kappa shape index (κ1) is 8.27. The molecule has 0 amide bonds. The Kier molecular flexibility index (Phi) is 2.47. The van der Waals surface area contributed by atoms with E-state index in [-0.39, 0.29) is 6.10 Å². The van der Waals surface area contributed by atoms with Crippen LogP contribution in [-0.2, 0) is 0 Å². The van der Waals surface area contributed by atoms with E-state index in [0.29, 0.717) is 5.92 Å². The van der Waals surface area contributed by atoms with Crippen LogP contribution in [0.3, 0.4) is 0 Å². The molecular weight excluding hydrogens is 150 g/mol. The third-order valence-electron chi connectivity index (χ3n) is 3.03. The van der Waals surface area contributed by atoms with Crippen LogP contribution in [0.15, 0.2) is 12.2 Å². The number of hydrogen-bond acceptors (Lipinski definition) is 2. The SMILES string of the molecule is OC(CN1CC=CC1)C1CCC1. The smallest absolute Gasteiger partial charge is 0.0695 e. The fourth-order valence-corrected chi connectivity index (χ4v) is 1.91. The molecule has 2 nitrogen and oxygen atoms in total. The van der Waals surface area contributed by atoms with Crippen molar-refractivity contribution >= 4 is 0 Å². The zero-order chi connectivity index (χ0) is 8.39. The van der Waals surface area contributed by atoms with E-state index in [1.54, 1.807) is 0 Å². The van der Waals surface area contributed by atoms with Crippen LogP contribution in [0.5, 0.6) is 0 Å². The lowest BCUT2D eigenvalue weighted by Crippen LogP contribution is -2.37. The van der Waals surface area contributed by atoms with E-state index in [2.05, 4.69) is 17.1 Å². The summed E-state index contributed by atoms with van der Waals surface area (Å²) in [5.41, 5.74) is 0. The van der Waals surface area contributed by atoms with Crippen LogP contribution in [-0.4, -0.2) is 35.7 Å². The summed E-state index contributed by atoms with van der Waals surface area (Å²) in [5.74, 6) is 0.602.